The van der Waals surface area contributed by atoms with Gasteiger partial charge in [-0.3, -0.25) is 14.5 Å². The monoisotopic (exact) mass is 976 g/mol. The van der Waals surface area contributed by atoms with Crippen molar-refractivity contribution >= 4 is 52.4 Å². The Labute approximate surface area is 428 Å². The highest BCUT2D eigenvalue weighted by molar-refractivity contribution is 8.10. The van der Waals surface area contributed by atoms with Gasteiger partial charge in [-0.1, -0.05) is 265 Å². The third kappa shape index (κ3) is 26.7. The number of allylic oxidation sites excluding steroid dienone is 4. The fourth-order valence-electron chi connectivity index (χ4n) is 8.25. The first kappa shape index (κ1) is 69.0. The molecule has 0 aliphatic carbocycles. The minimum absolute atomic E-state index is 0.0717. The van der Waals surface area contributed by atoms with Crippen molar-refractivity contribution in [3.05, 3.63) is 49.1 Å². The average Bonchev–Trinajstić information content (AvgIpc) is 3.83. The lowest BCUT2D eigenvalue weighted by molar-refractivity contribution is 0.0650. The number of amides is 2. The number of imide groups is 1. The van der Waals surface area contributed by atoms with Gasteiger partial charge in [-0.05, 0) is 66.6 Å². The molecule has 2 atom stereocenters. The van der Waals surface area contributed by atoms with Crippen LogP contribution in [0.4, 0.5) is 0 Å². The molecule has 2 aliphatic rings. The minimum Gasteiger partial charge on any atom is -0.274 e. The predicted octanol–water partition coefficient (Wildman–Crippen LogP) is 22.1. The molecule has 3 rings (SSSR count). The number of carbonyl (C=O) groups is 2. The van der Waals surface area contributed by atoms with Crippen molar-refractivity contribution in [2.45, 2.75) is 297 Å². The zero-order chi connectivity index (χ0) is 51.3. The van der Waals surface area contributed by atoms with E-state index < -0.39 is 0 Å². The third-order valence-corrected chi connectivity index (χ3v) is 15.6. The zero-order valence-electron chi connectivity index (χ0n) is 47.8. The van der Waals surface area contributed by atoms with Crippen LogP contribution in [0.3, 0.4) is 0 Å². The van der Waals surface area contributed by atoms with Gasteiger partial charge in [-0.15, -0.1) is 35.7 Å². The van der Waals surface area contributed by atoms with E-state index in [-0.39, 0.29) is 27.9 Å². The number of hydrogen-bond acceptors (Lipinski definition) is 5. The number of thiol groups is 1. The number of nitrogens with zero attached hydrogens (tertiary/aromatic N) is 1. The summed E-state index contributed by atoms with van der Waals surface area (Å²) in [6, 6.07) is 0. The largest absolute Gasteiger partial charge is 0.274 e. The summed E-state index contributed by atoms with van der Waals surface area (Å²) in [7, 11) is 0. The molecule has 0 N–H and O–H groups in total. The number of hydrogen-bond donors (Lipinski definition) is 1. The van der Waals surface area contributed by atoms with Crippen LogP contribution in [0.15, 0.2) is 28.2 Å². The second-order valence-corrected chi connectivity index (χ2v) is 22.3. The van der Waals surface area contributed by atoms with E-state index in [0.717, 1.165) is 78.4 Å². The molecule has 1 aromatic rings. The Kier molecular flexibility index (Phi) is 43.4. The molecule has 6 heteroatoms. The van der Waals surface area contributed by atoms with Gasteiger partial charge in [-0.2, -0.15) is 0 Å². The van der Waals surface area contributed by atoms with Crippen molar-refractivity contribution in [3.8, 4) is 0 Å². The molecule has 3 nitrogen and oxygen atoms in total. The summed E-state index contributed by atoms with van der Waals surface area (Å²) in [5, 5.41) is 0.249. The standard InChI is InChI=1S/C44H71NO2S3.C8H18.4C2H6/c1-11-15-18-19-20-21-28-45-41(46)36-37(42(45)47)40(44(8,9)10)50-39(36)38-33(23-17-13-3)25-27-35(49-38)34(48)26-24-32(30-43(5,6)7)29-31(14-4)22-16-12-2;1-3-5-7-8-6-4-2;4*1-2/h26,30-31,35,48H,11-25,27-29H2,1-10H3;3-8H2,1-2H3;4*1-2H3/b32-30-,34-26-;;;;;. The molecule has 0 saturated heterocycles. The Bertz CT molecular complexity index is 1460. The van der Waals surface area contributed by atoms with E-state index in [0.29, 0.717) is 17.7 Å². The van der Waals surface area contributed by atoms with Crippen LogP contribution in [0.1, 0.15) is 317 Å². The normalized spacial score (nSPS) is 15.5. The zero-order valence-corrected chi connectivity index (χ0v) is 50.3. The van der Waals surface area contributed by atoms with Crippen LogP contribution in [0.2, 0.25) is 0 Å². The summed E-state index contributed by atoms with van der Waals surface area (Å²) in [6.07, 6.45) is 32.8. The molecule has 388 valence electrons. The summed E-state index contributed by atoms with van der Waals surface area (Å²) in [5.41, 5.74) is 4.29. The quantitative estimate of drug-likeness (QED) is 0.0459. The summed E-state index contributed by atoms with van der Waals surface area (Å²) in [5.74, 6) is 0.590. The molecule has 2 aliphatic heterocycles. The Morgan fingerprint density at radius 1 is 0.682 bits per heavy atom. The highest BCUT2D eigenvalue weighted by Gasteiger charge is 2.45. The summed E-state index contributed by atoms with van der Waals surface area (Å²) in [4.78, 5) is 34.3. The lowest BCUT2D eigenvalue weighted by Crippen LogP contribution is -2.31. The first-order chi connectivity index (χ1) is 31.6. The van der Waals surface area contributed by atoms with Gasteiger partial charge < -0.3 is 0 Å². The average molecular weight is 977 g/mol. The van der Waals surface area contributed by atoms with Crippen molar-refractivity contribution in [1.82, 2.24) is 4.90 Å². The molecule has 2 amide bonds. The van der Waals surface area contributed by atoms with Gasteiger partial charge in [0.1, 0.15) is 0 Å². The fourth-order valence-corrected chi connectivity index (χ4v) is 11.5. The van der Waals surface area contributed by atoms with Gasteiger partial charge in [0.05, 0.1) is 16.0 Å². The van der Waals surface area contributed by atoms with Crippen molar-refractivity contribution < 1.29 is 9.59 Å². The lowest BCUT2D eigenvalue weighted by Gasteiger charge is -2.28. The molecule has 2 unspecified atom stereocenters. The SMILES string of the molecule is CC.CC.CC.CC.CCCCCCCC.CCCCCCCCN1C(=O)c2c(C3=C(CCCC)CCC(/C(S)=C/C/C(=C/C(C)(C)C)CC(CC)CCCC)S3)sc(C(C)(C)C)c2C1=O. The number of unbranched alkanes of at least 4 members (excludes halogenated alkanes) is 12. The highest BCUT2D eigenvalue weighted by Crippen LogP contribution is 2.53. The van der Waals surface area contributed by atoms with Crippen LogP contribution < -0.4 is 0 Å². The number of fused-ring (bicyclic) bond motifs is 1. The van der Waals surface area contributed by atoms with E-state index in [9.17, 15) is 9.59 Å². The molecular formula is C60H113NO2S3. The van der Waals surface area contributed by atoms with E-state index in [1.54, 1.807) is 16.2 Å². The minimum atomic E-state index is -0.222. The second kappa shape index (κ2) is 41.5. The molecule has 1 aromatic heterocycles. The summed E-state index contributed by atoms with van der Waals surface area (Å²) >= 11 is 8.82. The number of rotatable bonds is 25. The van der Waals surface area contributed by atoms with Crippen molar-refractivity contribution in [2.24, 2.45) is 11.3 Å². The molecule has 0 bridgehead atoms. The summed E-state index contributed by atoms with van der Waals surface area (Å²) in [6.45, 7) is 43.6. The number of thiophene rings is 1. The van der Waals surface area contributed by atoms with Crippen LogP contribution in [-0.4, -0.2) is 28.5 Å². The van der Waals surface area contributed by atoms with Crippen LogP contribution in [0.5, 0.6) is 0 Å². The van der Waals surface area contributed by atoms with Gasteiger partial charge in [0.25, 0.3) is 11.8 Å². The molecule has 0 aromatic carbocycles. The van der Waals surface area contributed by atoms with Gasteiger partial charge in [-0.25, -0.2) is 0 Å². The van der Waals surface area contributed by atoms with Crippen LogP contribution in [-0.2, 0) is 5.41 Å². The van der Waals surface area contributed by atoms with Gasteiger partial charge in [0.2, 0.25) is 0 Å². The number of carbonyl (C=O) groups excluding carboxylic acids is 2. The Morgan fingerprint density at radius 2 is 1.17 bits per heavy atom. The van der Waals surface area contributed by atoms with E-state index in [4.69, 9.17) is 12.6 Å². The van der Waals surface area contributed by atoms with Crippen LogP contribution >= 0.6 is 35.7 Å². The molecule has 0 radical (unpaired) electrons. The second-order valence-electron chi connectivity index (χ2n) is 19.5. The van der Waals surface area contributed by atoms with E-state index in [1.807, 2.05) is 67.2 Å². The Balaban J connectivity index is -0.00000216. The van der Waals surface area contributed by atoms with Gasteiger partial charge in [0.15, 0.2) is 0 Å². The van der Waals surface area contributed by atoms with E-state index in [1.165, 1.54) is 106 Å². The third-order valence-electron chi connectivity index (χ3n) is 11.7. The number of thioether (sulfide) groups is 1. The molecule has 3 heterocycles. The van der Waals surface area contributed by atoms with E-state index in [2.05, 4.69) is 95.2 Å². The van der Waals surface area contributed by atoms with Crippen molar-refractivity contribution in [3.63, 3.8) is 0 Å². The first-order valence-corrected chi connectivity index (χ1v) is 30.2. The van der Waals surface area contributed by atoms with Crippen LogP contribution in [0, 0.1) is 11.3 Å². The molecule has 66 heavy (non-hydrogen) atoms. The maximum atomic E-state index is 14.2. The topological polar surface area (TPSA) is 37.4 Å². The maximum absolute atomic E-state index is 14.2. The first-order valence-electron chi connectivity index (χ1n) is 28.1. The smallest absolute Gasteiger partial charge is 0.263 e. The van der Waals surface area contributed by atoms with Gasteiger partial charge >= 0.3 is 0 Å². The van der Waals surface area contributed by atoms with Crippen LogP contribution in [0.25, 0.3) is 4.91 Å². The van der Waals surface area contributed by atoms with Gasteiger partial charge in [0, 0.05) is 21.6 Å². The maximum Gasteiger partial charge on any atom is 0.263 e. The highest BCUT2D eigenvalue weighted by atomic mass is 32.2. The fraction of sp³-hybridized carbons (Fsp3) is 0.800. The van der Waals surface area contributed by atoms with Crippen molar-refractivity contribution in [1.29, 1.82) is 0 Å². The van der Waals surface area contributed by atoms with E-state index >= 15 is 0 Å². The Hall–Kier alpha value is -1.24. The Morgan fingerprint density at radius 3 is 1.64 bits per heavy atom. The molecule has 0 saturated carbocycles. The predicted molar refractivity (Wildman–Crippen MR) is 310 cm³/mol. The van der Waals surface area contributed by atoms with Crippen molar-refractivity contribution in [2.75, 3.05) is 6.54 Å². The lowest BCUT2D eigenvalue weighted by atomic mass is 9.86. The molecular weight excluding hydrogens is 863 g/mol. The summed E-state index contributed by atoms with van der Waals surface area (Å²) < 4.78 is 0. The molecule has 0 fully saturated rings. The molecule has 0 spiro atoms.